The van der Waals surface area contributed by atoms with Gasteiger partial charge < -0.3 is 11.1 Å². The molecule has 3 N–H and O–H groups in total. The van der Waals surface area contributed by atoms with Crippen LogP contribution >= 0.6 is 0 Å². The number of nitrogens with zero attached hydrogens (tertiary/aromatic N) is 1. The normalized spacial score (nSPS) is 17.3. The van der Waals surface area contributed by atoms with Crippen LogP contribution in [0.2, 0.25) is 0 Å². The van der Waals surface area contributed by atoms with Gasteiger partial charge in [-0.25, -0.2) is 0 Å². The summed E-state index contributed by atoms with van der Waals surface area (Å²) in [7, 11) is 1.68. The minimum absolute atomic E-state index is 0.0670. The molecule has 1 unspecified atom stereocenters. The first-order valence-electron chi connectivity index (χ1n) is 5.95. The SMILES string of the molecule is CNC(=O)C(C)N1CCc2c(N)cccc2C1. The van der Waals surface area contributed by atoms with E-state index in [2.05, 4.69) is 16.3 Å². The molecule has 1 atom stereocenters. The van der Waals surface area contributed by atoms with Crippen LogP contribution in [-0.4, -0.2) is 30.4 Å². The standard InChI is InChI=1S/C13H19N3O/c1-9(13(17)15-2)16-7-6-11-10(8-16)4-3-5-12(11)14/h3-5,9H,6-8,14H2,1-2H3,(H,15,17). The molecule has 4 nitrogen and oxygen atoms in total. The topological polar surface area (TPSA) is 58.4 Å². The monoisotopic (exact) mass is 233 g/mol. The second kappa shape index (κ2) is 4.75. The number of likely N-dealkylation sites (N-methyl/N-ethyl adjacent to an activating group) is 1. The Morgan fingerprint density at radius 2 is 2.29 bits per heavy atom. The van der Waals surface area contributed by atoms with Crippen LogP contribution < -0.4 is 11.1 Å². The first-order valence-corrected chi connectivity index (χ1v) is 5.95. The Morgan fingerprint density at radius 1 is 1.53 bits per heavy atom. The van der Waals surface area contributed by atoms with E-state index in [0.717, 1.165) is 25.2 Å². The van der Waals surface area contributed by atoms with Gasteiger partial charge in [-0.05, 0) is 30.5 Å². The molecule has 92 valence electrons. The van der Waals surface area contributed by atoms with E-state index in [1.165, 1.54) is 11.1 Å². The van der Waals surface area contributed by atoms with Crippen molar-refractivity contribution in [1.29, 1.82) is 0 Å². The Labute approximate surface area is 102 Å². The molecule has 0 radical (unpaired) electrons. The number of benzene rings is 1. The fourth-order valence-electron chi connectivity index (χ4n) is 2.37. The number of hydrogen-bond acceptors (Lipinski definition) is 3. The minimum atomic E-state index is -0.0884. The molecular formula is C13H19N3O. The van der Waals surface area contributed by atoms with Gasteiger partial charge in [0.15, 0.2) is 0 Å². The Balaban J connectivity index is 2.16. The number of rotatable bonds is 2. The Kier molecular flexibility index (Phi) is 3.33. The summed E-state index contributed by atoms with van der Waals surface area (Å²) in [6, 6.07) is 5.92. The molecule has 0 bridgehead atoms. The molecule has 1 amide bonds. The average Bonchev–Trinajstić information content (AvgIpc) is 2.37. The molecule has 0 fully saturated rings. The van der Waals surface area contributed by atoms with Gasteiger partial charge in [0.25, 0.3) is 0 Å². The van der Waals surface area contributed by atoms with E-state index in [-0.39, 0.29) is 11.9 Å². The summed E-state index contributed by atoms with van der Waals surface area (Å²) in [6.07, 6.45) is 0.920. The first-order chi connectivity index (χ1) is 8.13. The molecule has 0 saturated heterocycles. The van der Waals surface area contributed by atoms with E-state index in [4.69, 9.17) is 5.73 Å². The number of fused-ring (bicyclic) bond motifs is 1. The van der Waals surface area contributed by atoms with Gasteiger partial charge in [-0.15, -0.1) is 0 Å². The fraction of sp³-hybridized carbons (Fsp3) is 0.462. The zero-order chi connectivity index (χ0) is 12.4. The zero-order valence-electron chi connectivity index (χ0n) is 10.4. The van der Waals surface area contributed by atoms with Crippen LogP contribution in [0.4, 0.5) is 5.69 Å². The lowest BCUT2D eigenvalue weighted by molar-refractivity contribution is -0.125. The highest BCUT2D eigenvalue weighted by Crippen LogP contribution is 2.25. The first kappa shape index (κ1) is 11.9. The summed E-state index contributed by atoms with van der Waals surface area (Å²) < 4.78 is 0. The average molecular weight is 233 g/mol. The number of carbonyl (C=O) groups is 1. The van der Waals surface area contributed by atoms with Gasteiger partial charge in [0.05, 0.1) is 6.04 Å². The third-order valence-corrected chi connectivity index (χ3v) is 3.51. The molecule has 2 rings (SSSR count). The number of amides is 1. The van der Waals surface area contributed by atoms with Crippen LogP contribution in [0.3, 0.4) is 0 Å². The maximum absolute atomic E-state index is 11.6. The van der Waals surface area contributed by atoms with Gasteiger partial charge in [-0.3, -0.25) is 9.69 Å². The molecule has 1 heterocycles. The Hall–Kier alpha value is -1.55. The summed E-state index contributed by atoms with van der Waals surface area (Å²) in [5.74, 6) is 0.0670. The van der Waals surface area contributed by atoms with Crippen LogP contribution in [0.15, 0.2) is 18.2 Å². The number of nitrogens with one attached hydrogen (secondary N) is 1. The number of hydrogen-bond donors (Lipinski definition) is 2. The van der Waals surface area contributed by atoms with E-state index in [1.54, 1.807) is 7.05 Å². The molecule has 0 aliphatic carbocycles. The van der Waals surface area contributed by atoms with Gasteiger partial charge in [-0.1, -0.05) is 12.1 Å². The Bertz CT molecular complexity index is 431. The van der Waals surface area contributed by atoms with Crippen LogP contribution in [0, 0.1) is 0 Å². The quantitative estimate of drug-likeness (QED) is 0.742. The third-order valence-electron chi connectivity index (χ3n) is 3.51. The predicted molar refractivity (Wildman–Crippen MR) is 68.5 cm³/mol. The van der Waals surface area contributed by atoms with E-state index in [0.29, 0.717) is 0 Å². The van der Waals surface area contributed by atoms with Gasteiger partial charge in [-0.2, -0.15) is 0 Å². The number of carbonyl (C=O) groups excluding carboxylic acids is 1. The molecule has 4 heteroatoms. The van der Waals surface area contributed by atoms with Crippen molar-refractivity contribution >= 4 is 11.6 Å². The molecule has 1 aromatic rings. The van der Waals surface area contributed by atoms with Crippen molar-refractivity contribution in [1.82, 2.24) is 10.2 Å². The summed E-state index contributed by atoms with van der Waals surface area (Å²) in [6.45, 7) is 3.63. The number of nitrogen functional groups attached to an aromatic ring is 1. The molecule has 0 saturated carbocycles. The van der Waals surface area contributed by atoms with Crippen LogP contribution in [0.25, 0.3) is 0 Å². The van der Waals surface area contributed by atoms with Gasteiger partial charge in [0.1, 0.15) is 0 Å². The molecule has 1 aliphatic heterocycles. The highest BCUT2D eigenvalue weighted by molar-refractivity contribution is 5.81. The molecule has 0 spiro atoms. The van der Waals surface area contributed by atoms with Crippen molar-refractivity contribution in [2.45, 2.75) is 25.9 Å². The second-order valence-electron chi connectivity index (χ2n) is 4.50. The maximum atomic E-state index is 11.6. The number of anilines is 1. The van der Waals surface area contributed by atoms with E-state index in [9.17, 15) is 4.79 Å². The molecule has 1 aliphatic rings. The lowest BCUT2D eigenvalue weighted by atomic mass is 9.97. The molecule has 1 aromatic carbocycles. The maximum Gasteiger partial charge on any atom is 0.236 e. The van der Waals surface area contributed by atoms with Crippen molar-refractivity contribution < 1.29 is 4.79 Å². The lowest BCUT2D eigenvalue weighted by Gasteiger charge is -2.33. The zero-order valence-corrected chi connectivity index (χ0v) is 10.4. The smallest absolute Gasteiger partial charge is 0.236 e. The van der Waals surface area contributed by atoms with Crippen molar-refractivity contribution in [2.75, 3.05) is 19.3 Å². The van der Waals surface area contributed by atoms with Crippen molar-refractivity contribution in [3.05, 3.63) is 29.3 Å². The van der Waals surface area contributed by atoms with Crippen LogP contribution in [-0.2, 0) is 17.8 Å². The van der Waals surface area contributed by atoms with Gasteiger partial charge in [0.2, 0.25) is 5.91 Å². The van der Waals surface area contributed by atoms with Crippen molar-refractivity contribution in [3.8, 4) is 0 Å². The number of nitrogens with two attached hydrogens (primary N) is 1. The largest absolute Gasteiger partial charge is 0.398 e. The molecule has 17 heavy (non-hydrogen) atoms. The summed E-state index contributed by atoms with van der Waals surface area (Å²) in [5, 5.41) is 2.69. The van der Waals surface area contributed by atoms with E-state index >= 15 is 0 Å². The van der Waals surface area contributed by atoms with Crippen LogP contribution in [0.1, 0.15) is 18.1 Å². The second-order valence-corrected chi connectivity index (χ2v) is 4.50. The third kappa shape index (κ3) is 2.26. The molecule has 0 aromatic heterocycles. The predicted octanol–water partition coefficient (Wildman–Crippen LogP) is 0.761. The fourth-order valence-corrected chi connectivity index (χ4v) is 2.37. The van der Waals surface area contributed by atoms with Crippen molar-refractivity contribution in [2.24, 2.45) is 0 Å². The van der Waals surface area contributed by atoms with Crippen LogP contribution in [0.5, 0.6) is 0 Å². The highest BCUT2D eigenvalue weighted by atomic mass is 16.2. The summed E-state index contributed by atoms with van der Waals surface area (Å²) >= 11 is 0. The minimum Gasteiger partial charge on any atom is -0.398 e. The van der Waals surface area contributed by atoms with E-state index in [1.807, 2.05) is 19.1 Å². The van der Waals surface area contributed by atoms with Gasteiger partial charge in [0, 0.05) is 25.8 Å². The van der Waals surface area contributed by atoms with Gasteiger partial charge >= 0.3 is 0 Å². The van der Waals surface area contributed by atoms with E-state index < -0.39 is 0 Å². The Morgan fingerprint density at radius 3 is 3.00 bits per heavy atom. The molecular weight excluding hydrogens is 214 g/mol. The highest BCUT2D eigenvalue weighted by Gasteiger charge is 2.25. The lowest BCUT2D eigenvalue weighted by Crippen LogP contribution is -2.46. The van der Waals surface area contributed by atoms with Crippen molar-refractivity contribution in [3.63, 3.8) is 0 Å². The summed E-state index contributed by atoms with van der Waals surface area (Å²) in [5.41, 5.74) is 9.31. The summed E-state index contributed by atoms with van der Waals surface area (Å²) in [4.78, 5) is 13.8.